The lowest BCUT2D eigenvalue weighted by molar-refractivity contribution is 0.00824. The Morgan fingerprint density at radius 2 is 2.21 bits per heavy atom. The van der Waals surface area contributed by atoms with Crippen molar-refractivity contribution in [2.75, 3.05) is 6.61 Å². The first kappa shape index (κ1) is 12.4. The molecule has 0 aromatic carbocycles. The molecule has 0 spiro atoms. The molecule has 2 unspecified atom stereocenters. The van der Waals surface area contributed by atoms with Crippen molar-refractivity contribution < 1.29 is 13.9 Å². The van der Waals surface area contributed by atoms with Crippen LogP contribution in [0.4, 0.5) is 4.39 Å². The quantitative estimate of drug-likeness (QED) is 0.782. The summed E-state index contributed by atoms with van der Waals surface area (Å²) in [4.78, 5) is 3.50. The first-order valence-electron chi connectivity index (χ1n) is 6.61. The molecule has 5 heteroatoms. The van der Waals surface area contributed by atoms with Crippen molar-refractivity contribution in [1.29, 1.82) is 5.26 Å². The second kappa shape index (κ2) is 5.14. The fourth-order valence-corrected chi connectivity index (χ4v) is 2.47. The van der Waals surface area contributed by atoms with Gasteiger partial charge in [-0.15, -0.1) is 0 Å². The Morgan fingerprint density at radius 1 is 1.37 bits per heavy atom. The molecule has 2 aliphatic rings. The highest BCUT2D eigenvalue weighted by Gasteiger charge is 2.37. The average molecular weight is 262 g/mol. The third kappa shape index (κ3) is 2.85. The highest BCUT2D eigenvalue weighted by Crippen LogP contribution is 2.40. The number of hydrogen-bond acceptors (Lipinski definition) is 4. The van der Waals surface area contributed by atoms with Crippen LogP contribution in [0.5, 0.6) is 5.75 Å². The Labute approximate surface area is 111 Å². The largest absolute Gasteiger partial charge is 0.488 e. The van der Waals surface area contributed by atoms with Gasteiger partial charge in [-0.2, -0.15) is 9.65 Å². The molecular weight excluding hydrogens is 247 g/mol. The highest BCUT2D eigenvalue weighted by molar-refractivity contribution is 5.36. The minimum absolute atomic E-state index is 0.0169. The second-order valence-corrected chi connectivity index (χ2v) is 5.11. The van der Waals surface area contributed by atoms with Gasteiger partial charge < -0.3 is 9.47 Å². The number of nitriles is 1. The van der Waals surface area contributed by atoms with Gasteiger partial charge in [0.1, 0.15) is 12.7 Å². The predicted molar refractivity (Wildman–Crippen MR) is 65.0 cm³/mol. The van der Waals surface area contributed by atoms with Crippen LogP contribution in [-0.4, -0.2) is 23.8 Å². The number of halogens is 1. The van der Waals surface area contributed by atoms with Gasteiger partial charge >= 0.3 is 0 Å². The molecule has 1 aromatic rings. The fourth-order valence-electron chi connectivity index (χ4n) is 2.47. The van der Waals surface area contributed by atoms with E-state index in [9.17, 15) is 4.39 Å². The molecule has 1 aliphatic heterocycles. The minimum Gasteiger partial charge on any atom is -0.488 e. The van der Waals surface area contributed by atoms with Crippen LogP contribution >= 0.6 is 0 Å². The van der Waals surface area contributed by atoms with Crippen LogP contribution in [0.1, 0.15) is 31.4 Å². The van der Waals surface area contributed by atoms with E-state index in [1.807, 2.05) is 6.07 Å². The van der Waals surface area contributed by atoms with Crippen LogP contribution in [0.25, 0.3) is 0 Å². The van der Waals surface area contributed by atoms with Crippen molar-refractivity contribution in [3.8, 4) is 11.8 Å². The van der Waals surface area contributed by atoms with E-state index in [2.05, 4.69) is 4.98 Å². The first-order chi connectivity index (χ1) is 9.26. The molecule has 4 nitrogen and oxygen atoms in total. The molecule has 19 heavy (non-hydrogen) atoms. The summed E-state index contributed by atoms with van der Waals surface area (Å²) in [6.07, 6.45) is 5.08. The minimum atomic E-state index is -0.671. The summed E-state index contributed by atoms with van der Waals surface area (Å²) < 4.78 is 24.3. The van der Waals surface area contributed by atoms with Gasteiger partial charge in [0.15, 0.2) is 11.4 Å². The number of pyridine rings is 1. The van der Waals surface area contributed by atoms with Gasteiger partial charge in [0.2, 0.25) is 5.95 Å². The maximum absolute atomic E-state index is 12.9. The Kier molecular flexibility index (Phi) is 3.34. The molecule has 0 radical (unpaired) electrons. The molecule has 1 aromatic heterocycles. The Balaban J connectivity index is 1.56. The summed E-state index contributed by atoms with van der Waals surface area (Å²) in [7, 11) is 0. The molecule has 1 aliphatic carbocycles. The van der Waals surface area contributed by atoms with Crippen molar-refractivity contribution in [2.24, 2.45) is 5.92 Å². The SMILES string of the molecule is N#Cc1nc(F)ccc1OCC1CCC(C2CC2)O1. The molecule has 100 valence electrons. The van der Waals surface area contributed by atoms with Crippen LogP contribution in [0.3, 0.4) is 0 Å². The topological polar surface area (TPSA) is 55.1 Å². The summed E-state index contributed by atoms with van der Waals surface area (Å²) in [6, 6.07) is 4.46. The Bertz CT molecular complexity index is 511. The van der Waals surface area contributed by atoms with E-state index >= 15 is 0 Å². The van der Waals surface area contributed by atoms with E-state index in [1.165, 1.54) is 25.0 Å². The first-order valence-corrected chi connectivity index (χ1v) is 6.61. The number of hydrogen-bond donors (Lipinski definition) is 0. The second-order valence-electron chi connectivity index (χ2n) is 5.11. The van der Waals surface area contributed by atoms with E-state index in [1.54, 1.807) is 0 Å². The van der Waals surface area contributed by atoms with E-state index in [-0.39, 0.29) is 11.8 Å². The predicted octanol–water partition coefficient (Wildman–Crippen LogP) is 2.43. The maximum Gasteiger partial charge on any atom is 0.214 e. The van der Waals surface area contributed by atoms with Crippen molar-refractivity contribution in [1.82, 2.24) is 4.98 Å². The van der Waals surface area contributed by atoms with Crippen LogP contribution in [-0.2, 0) is 4.74 Å². The standard InChI is InChI=1S/C14H15FN2O2/c15-14-6-5-13(11(7-16)17-14)18-8-10-3-4-12(19-10)9-1-2-9/h5-6,9-10,12H,1-4,8H2. The lowest BCUT2D eigenvalue weighted by Crippen LogP contribution is -2.20. The lowest BCUT2D eigenvalue weighted by atomic mass is 10.1. The summed E-state index contributed by atoms with van der Waals surface area (Å²) in [5, 5.41) is 8.87. The molecule has 2 heterocycles. The van der Waals surface area contributed by atoms with E-state index in [0.29, 0.717) is 18.5 Å². The van der Waals surface area contributed by atoms with E-state index in [0.717, 1.165) is 18.8 Å². The lowest BCUT2D eigenvalue weighted by Gasteiger charge is -2.14. The van der Waals surface area contributed by atoms with Crippen molar-refractivity contribution in [2.45, 2.75) is 37.9 Å². The van der Waals surface area contributed by atoms with Crippen molar-refractivity contribution in [3.63, 3.8) is 0 Å². The highest BCUT2D eigenvalue weighted by atomic mass is 19.1. The molecule has 2 fully saturated rings. The molecule has 1 saturated heterocycles. The van der Waals surface area contributed by atoms with Crippen LogP contribution in [0.15, 0.2) is 12.1 Å². The summed E-state index contributed by atoms with van der Waals surface area (Å²) >= 11 is 0. The fraction of sp³-hybridized carbons (Fsp3) is 0.571. The van der Waals surface area contributed by atoms with Gasteiger partial charge in [-0.25, -0.2) is 4.98 Å². The maximum atomic E-state index is 12.9. The van der Waals surface area contributed by atoms with Crippen LogP contribution in [0.2, 0.25) is 0 Å². The van der Waals surface area contributed by atoms with Crippen molar-refractivity contribution >= 4 is 0 Å². The number of nitrogens with zero attached hydrogens (tertiary/aromatic N) is 2. The number of ether oxygens (including phenoxy) is 2. The molecule has 0 N–H and O–H groups in total. The zero-order valence-electron chi connectivity index (χ0n) is 10.5. The molecule has 3 rings (SSSR count). The van der Waals surface area contributed by atoms with Gasteiger partial charge in [-0.05, 0) is 43.7 Å². The van der Waals surface area contributed by atoms with Crippen LogP contribution < -0.4 is 4.74 Å². The van der Waals surface area contributed by atoms with E-state index in [4.69, 9.17) is 14.7 Å². The molecule has 1 saturated carbocycles. The third-order valence-corrected chi connectivity index (χ3v) is 3.64. The average Bonchev–Trinajstić information content (AvgIpc) is 3.17. The summed E-state index contributed by atoms with van der Waals surface area (Å²) in [5.74, 6) is 0.393. The van der Waals surface area contributed by atoms with Crippen LogP contribution in [0, 0.1) is 23.2 Å². The van der Waals surface area contributed by atoms with Gasteiger partial charge in [0.25, 0.3) is 0 Å². The molecule has 0 amide bonds. The molecular formula is C14H15FN2O2. The Hall–Kier alpha value is -1.67. The van der Waals surface area contributed by atoms with Gasteiger partial charge in [-0.1, -0.05) is 0 Å². The summed E-state index contributed by atoms with van der Waals surface area (Å²) in [6.45, 7) is 0.394. The van der Waals surface area contributed by atoms with Gasteiger partial charge in [-0.3, -0.25) is 0 Å². The normalized spacial score (nSPS) is 26.1. The Morgan fingerprint density at radius 3 is 2.95 bits per heavy atom. The molecule has 2 atom stereocenters. The zero-order valence-corrected chi connectivity index (χ0v) is 10.5. The number of rotatable bonds is 4. The van der Waals surface area contributed by atoms with Crippen molar-refractivity contribution in [3.05, 3.63) is 23.8 Å². The van der Waals surface area contributed by atoms with Gasteiger partial charge in [0, 0.05) is 0 Å². The zero-order chi connectivity index (χ0) is 13.2. The smallest absolute Gasteiger partial charge is 0.214 e. The summed E-state index contributed by atoms with van der Waals surface area (Å²) in [5.41, 5.74) is -0.0169. The number of aromatic nitrogens is 1. The third-order valence-electron chi connectivity index (χ3n) is 3.64. The van der Waals surface area contributed by atoms with Gasteiger partial charge in [0.05, 0.1) is 12.2 Å². The molecule has 0 bridgehead atoms. The monoisotopic (exact) mass is 262 g/mol. The van der Waals surface area contributed by atoms with E-state index < -0.39 is 5.95 Å².